The van der Waals surface area contributed by atoms with Crippen molar-refractivity contribution in [2.24, 2.45) is 0 Å². The number of nitrogens with zero attached hydrogens (tertiary/aromatic N) is 1. The molecule has 0 aliphatic heterocycles. The zero-order chi connectivity index (χ0) is 8.97. The molecular weight excluding hydrogens is 150 g/mol. The highest BCUT2D eigenvalue weighted by Crippen LogP contribution is 2.13. The number of nitriles is 1. The zero-order valence-electron chi connectivity index (χ0n) is 6.87. The predicted octanol–water partition coefficient (Wildman–Crippen LogP) is 2.18. The van der Waals surface area contributed by atoms with Gasteiger partial charge in [0, 0.05) is 5.56 Å². The highest BCUT2D eigenvalue weighted by molar-refractivity contribution is 5.59. The number of rotatable bonds is 2. The number of methoxy groups -OCH3 is 1. The lowest BCUT2D eigenvalue weighted by Gasteiger charge is -2.02. The van der Waals surface area contributed by atoms with Crippen molar-refractivity contribution in [3.8, 4) is 6.07 Å². The Morgan fingerprint density at radius 3 is 2.92 bits per heavy atom. The van der Waals surface area contributed by atoms with Crippen LogP contribution >= 0.6 is 0 Å². The van der Waals surface area contributed by atoms with E-state index < -0.39 is 0 Å². The van der Waals surface area contributed by atoms with Crippen LogP contribution in [0.4, 0.5) is 0 Å². The molecule has 1 aromatic rings. The van der Waals surface area contributed by atoms with Crippen molar-refractivity contribution in [1.82, 2.24) is 0 Å². The minimum Gasteiger partial charge on any atom is -0.497 e. The average molecular weight is 159 g/mol. The Morgan fingerprint density at radius 1 is 1.58 bits per heavy atom. The van der Waals surface area contributed by atoms with Gasteiger partial charge in [-0.05, 0) is 12.1 Å². The molecule has 2 heteroatoms. The highest BCUT2D eigenvalue weighted by atomic mass is 16.5. The molecule has 0 N–H and O–H groups in total. The molecule has 1 aromatic carbocycles. The van der Waals surface area contributed by atoms with E-state index in [-0.39, 0.29) is 0 Å². The van der Waals surface area contributed by atoms with E-state index in [4.69, 9.17) is 10.00 Å². The maximum Gasteiger partial charge on any atom is 0.118 e. The molecule has 2 nitrogen and oxygen atoms in total. The molecule has 0 saturated heterocycles. The molecular formula is C10H9NO. The van der Waals surface area contributed by atoms with Gasteiger partial charge in [0.15, 0.2) is 0 Å². The smallest absolute Gasteiger partial charge is 0.118 e. The minimum atomic E-state index is 0.576. The second-order valence-corrected chi connectivity index (χ2v) is 2.32. The third kappa shape index (κ3) is 1.64. The SMILES string of the molecule is C=C(OC)c1cccc(C#N)c1. The van der Waals surface area contributed by atoms with Crippen LogP contribution in [0.5, 0.6) is 0 Å². The third-order valence-corrected chi connectivity index (χ3v) is 1.56. The lowest BCUT2D eigenvalue weighted by atomic mass is 10.1. The van der Waals surface area contributed by atoms with Crippen molar-refractivity contribution in [1.29, 1.82) is 5.26 Å². The maximum absolute atomic E-state index is 8.60. The Balaban J connectivity index is 3.04. The molecule has 0 atom stereocenters. The molecule has 0 aliphatic carbocycles. The number of hydrogen-bond donors (Lipinski definition) is 0. The fourth-order valence-corrected chi connectivity index (χ4v) is 0.880. The normalized spacial score (nSPS) is 8.67. The molecule has 0 unspecified atom stereocenters. The summed E-state index contributed by atoms with van der Waals surface area (Å²) in [6.07, 6.45) is 0. The van der Waals surface area contributed by atoms with Gasteiger partial charge >= 0.3 is 0 Å². The summed E-state index contributed by atoms with van der Waals surface area (Å²) in [6.45, 7) is 3.69. The monoisotopic (exact) mass is 159 g/mol. The van der Waals surface area contributed by atoms with Crippen LogP contribution in [-0.4, -0.2) is 7.11 Å². The second kappa shape index (κ2) is 3.59. The summed E-state index contributed by atoms with van der Waals surface area (Å²) in [5.74, 6) is 0.576. The van der Waals surface area contributed by atoms with Gasteiger partial charge in [-0.25, -0.2) is 0 Å². The summed E-state index contributed by atoms with van der Waals surface area (Å²) in [4.78, 5) is 0. The van der Waals surface area contributed by atoms with Crippen LogP contribution in [0.25, 0.3) is 5.76 Å². The van der Waals surface area contributed by atoms with Crippen LogP contribution in [0.15, 0.2) is 30.8 Å². The van der Waals surface area contributed by atoms with Gasteiger partial charge in [0.1, 0.15) is 5.76 Å². The Bertz CT molecular complexity index is 336. The molecule has 0 bridgehead atoms. The second-order valence-electron chi connectivity index (χ2n) is 2.32. The fraction of sp³-hybridized carbons (Fsp3) is 0.100. The average Bonchev–Trinajstić information content (AvgIpc) is 2.17. The topological polar surface area (TPSA) is 33.0 Å². The largest absolute Gasteiger partial charge is 0.497 e. The number of ether oxygens (including phenoxy) is 1. The van der Waals surface area contributed by atoms with E-state index in [1.807, 2.05) is 12.1 Å². The van der Waals surface area contributed by atoms with Crippen LogP contribution in [0.3, 0.4) is 0 Å². The highest BCUT2D eigenvalue weighted by Gasteiger charge is 1.98. The summed E-state index contributed by atoms with van der Waals surface area (Å²) in [5, 5.41) is 8.60. The van der Waals surface area contributed by atoms with E-state index >= 15 is 0 Å². The van der Waals surface area contributed by atoms with Crippen LogP contribution in [0.1, 0.15) is 11.1 Å². The first kappa shape index (κ1) is 8.35. The molecule has 0 fully saturated rings. The van der Waals surface area contributed by atoms with Crippen molar-refractivity contribution < 1.29 is 4.74 Å². The lowest BCUT2D eigenvalue weighted by Crippen LogP contribution is -1.85. The van der Waals surface area contributed by atoms with E-state index in [1.54, 1.807) is 25.3 Å². The number of hydrogen-bond acceptors (Lipinski definition) is 2. The van der Waals surface area contributed by atoms with E-state index in [9.17, 15) is 0 Å². The summed E-state index contributed by atoms with van der Waals surface area (Å²) in [7, 11) is 1.56. The standard InChI is InChI=1S/C10H9NO/c1-8(12-2)10-5-3-4-9(6-10)7-11/h3-6H,1H2,2H3. The summed E-state index contributed by atoms with van der Waals surface area (Å²) in [6, 6.07) is 9.19. The summed E-state index contributed by atoms with van der Waals surface area (Å²) < 4.78 is 4.93. The maximum atomic E-state index is 8.60. The van der Waals surface area contributed by atoms with Crippen molar-refractivity contribution in [3.63, 3.8) is 0 Å². The van der Waals surface area contributed by atoms with Crippen LogP contribution in [0, 0.1) is 11.3 Å². The van der Waals surface area contributed by atoms with E-state index in [0.717, 1.165) is 5.56 Å². The zero-order valence-corrected chi connectivity index (χ0v) is 6.87. The summed E-state index contributed by atoms with van der Waals surface area (Å²) >= 11 is 0. The van der Waals surface area contributed by atoms with Crippen molar-refractivity contribution in [2.75, 3.05) is 7.11 Å². The first-order valence-electron chi connectivity index (χ1n) is 3.51. The van der Waals surface area contributed by atoms with E-state index in [0.29, 0.717) is 11.3 Å². The summed E-state index contributed by atoms with van der Waals surface area (Å²) in [5.41, 5.74) is 1.46. The molecule has 12 heavy (non-hydrogen) atoms. The van der Waals surface area contributed by atoms with Crippen LogP contribution in [-0.2, 0) is 4.74 Å². The van der Waals surface area contributed by atoms with Crippen molar-refractivity contribution in [2.45, 2.75) is 0 Å². The Morgan fingerprint density at radius 2 is 2.33 bits per heavy atom. The van der Waals surface area contributed by atoms with Gasteiger partial charge in [-0.2, -0.15) is 5.26 Å². The Labute approximate surface area is 71.7 Å². The van der Waals surface area contributed by atoms with Gasteiger partial charge in [-0.1, -0.05) is 18.7 Å². The van der Waals surface area contributed by atoms with Gasteiger partial charge in [0.25, 0.3) is 0 Å². The van der Waals surface area contributed by atoms with Gasteiger partial charge in [-0.15, -0.1) is 0 Å². The quantitative estimate of drug-likeness (QED) is 0.619. The molecule has 0 radical (unpaired) electrons. The molecule has 1 rings (SSSR count). The van der Waals surface area contributed by atoms with E-state index in [2.05, 4.69) is 6.58 Å². The van der Waals surface area contributed by atoms with Gasteiger partial charge in [0.05, 0.1) is 18.7 Å². The minimum absolute atomic E-state index is 0.576. The number of benzene rings is 1. The Hall–Kier alpha value is -1.75. The molecule has 0 amide bonds. The first-order valence-corrected chi connectivity index (χ1v) is 3.51. The van der Waals surface area contributed by atoms with Crippen molar-refractivity contribution >= 4 is 5.76 Å². The fourth-order valence-electron chi connectivity index (χ4n) is 0.880. The third-order valence-electron chi connectivity index (χ3n) is 1.56. The van der Waals surface area contributed by atoms with Crippen LogP contribution in [0.2, 0.25) is 0 Å². The van der Waals surface area contributed by atoms with E-state index in [1.165, 1.54) is 0 Å². The van der Waals surface area contributed by atoms with Crippen LogP contribution < -0.4 is 0 Å². The molecule has 0 aromatic heterocycles. The molecule has 60 valence electrons. The van der Waals surface area contributed by atoms with Gasteiger partial charge in [-0.3, -0.25) is 0 Å². The van der Waals surface area contributed by atoms with Gasteiger partial charge < -0.3 is 4.74 Å². The predicted molar refractivity (Wildman–Crippen MR) is 47.2 cm³/mol. The lowest BCUT2D eigenvalue weighted by molar-refractivity contribution is 0.371. The molecule has 0 spiro atoms. The van der Waals surface area contributed by atoms with Crippen molar-refractivity contribution in [3.05, 3.63) is 42.0 Å². The molecule has 0 aliphatic rings. The molecule has 0 heterocycles. The van der Waals surface area contributed by atoms with Gasteiger partial charge in [0.2, 0.25) is 0 Å². The molecule has 0 saturated carbocycles. The first-order chi connectivity index (χ1) is 5.77. The Kier molecular flexibility index (Phi) is 2.49.